The lowest BCUT2D eigenvalue weighted by molar-refractivity contribution is 0.331. The second kappa shape index (κ2) is 5.08. The molecule has 18 heavy (non-hydrogen) atoms. The average Bonchev–Trinajstić information content (AvgIpc) is 2.40. The van der Waals surface area contributed by atoms with Crippen molar-refractivity contribution in [2.45, 2.75) is 13.8 Å². The molecule has 0 saturated heterocycles. The van der Waals surface area contributed by atoms with E-state index >= 15 is 0 Å². The van der Waals surface area contributed by atoms with Crippen LogP contribution in [0.2, 0.25) is 0 Å². The molecule has 0 fully saturated rings. The molecular weight excluding hydrogens is 228 g/mol. The van der Waals surface area contributed by atoms with Crippen LogP contribution in [0.3, 0.4) is 0 Å². The highest BCUT2D eigenvalue weighted by molar-refractivity contribution is 5.68. The minimum Gasteiger partial charge on any atom is -0.411 e. The zero-order valence-corrected chi connectivity index (χ0v) is 10.4. The Bertz CT molecular complexity index is 516. The average molecular weight is 244 g/mol. The summed E-state index contributed by atoms with van der Waals surface area (Å²) < 4.78 is 0. The molecule has 0 saturated carbocycles. The smallest absolute Gasteiger partial charge is 0.150 e. The maximum Gasteiger partial charge on any atom is 0.150 e. The molecule has 2 rings (SSSR count). The summed E-state index contributed by atoms with van der Waals surface area (Å²) >= 11 is 0. The van der Waals surface area contributed by atoms with Crippen molar-refractivity contribution in [3.63, 3.8) is 0 Å². The van der Waals surface area contributed by atoms with E-state index in [1.807, 2.05) is 50.2 Å². The molecule has 0 aliphatic carbocycles. The van der Waals surface area contributed by atoms with E-state index in [-0.39, 0.29) is 0 Å². The molecule has 94 valence electrons. The summed E-state index contributed by atoms with van der Waals surface area (Å²) in [6.45, 7) is 3.88. The molecule has 0 unspecified atom stereocenters. The van der Waals surface area contributed by atoms with Gasteiger partial charge < -0.3 is 9.68 Å². The van der Waals surface area contributed by atoms with Crippen LogP contribution < -0.4 is 21.5 Å². The Morgan fingerprint density at radius 2 is 1.11 bits per heavy atom. The molecule has 4 N–H and O–H groups in total. The van der Waals surface area contributed by atoms with Crippen LogP contribution in [0.4, 0.5) is 0 Å². The summed E-state index contributed by atoms with van der Waals surface area (Å²) in [5.41, 5.74) is 3.98. The summed E-state index contributed by atoms with van der Waals surface area (Å²) in [7, 11) is 0. The van der Waals surface area contributed by atoms with Gasteiger partial charge in [0.1, 0.15) is 11.5 Å². The molecule has 4 heteroatoms. The Labute approximate surface area is 106 Å². The summed E-state index contributed by atoms with van der Waals surface area (Å²) in [5.74, 6) is 11.8. The van der Waals surface area contributed by atoms with Crippen LogP contribution in [-0.2, 0) is 0 Å². The van der Waals surface area contributed by atoms with Crippen LogP contribution in [0.25, 0.3) is 11.1 Å². The monoisotopic (exact) mass is 244 g/mol. The van der Waals surface area contributed by atoms with Crippen molar-refractivity contribution in [2.24, 2.45) is 11.8 Å². The van der Waals surface area contributed by atoms with E-state index in [9.17, 15) is 0 Å². The fourth-order valence-electron chi connectivity index (χ4n) is 1.81. The molecule has 0 aromatic heterocycles. The molecule has 4 nitrogen and oxygen atoms in total. The first-order valence-corrected chi connectivity index (χ1v) is 5.61. The van der Waals surface area contributed by atoms with Crippen LogP contribution in [0.1, 0.15) is 11.1 Å². The van der Waals surface area contributed by atoms with E-state index in [4.69, 9.17) is 21.5 Å². The van der Waals surface area contributed by atoms with E-state index in [0.29, 0.717) is 11.5 Å². The molecule has 2 aromatic carbocycles. The van der Waals surface area contributed by atoms with E-state index in [0.717, 1.165) is 22.3 Å². The predicted molar refractivity (Wildman–Crippen MR) is 71.0 cm³/mol. The molecule has 0 radical (unpaired) electrons. The molecule has 0 aliphatic rings. The molecular formula is C14H16N2O2. The van der Waals surface area contributed by atoms with Gasteiger partial charge in [-0.3, -0.25) is 0 Å². The maximum absolute atomic E-state index is 5.23. The molecule has 0 amide bonds. The minimum absolute atomic E-state index is 0.656. The van der Waals surface area contributed by atoms with Crippen LogP contribution >= 0.6 is 0 Å². The Morgan fingerprint density at radius 3 is 1.44 bits per heavy atom. The Balaban J connectivity index is 2.48. The Hall–Kier alpha value is -2.04. The van der Waals surface area contributed by atoms with Gasteiger partial charge in [-0.1, -0.05) is 24.3 Å². The lowest BCUT2D eigenvalue weighted by Crippen LogP contribution is -2.04. The van der Waals surface area contributed by atoms with Crippen molar-refractivity contribution < 1.29 is 9.68 Å². The highest BCUT2D eigenvalue weighted by atomic mass is 16.6. The zero-order chi connectivity index (χ0) is 13.1. The van der Waals surface area contributed by atoms with Gasteiger partial charge >= 0.3 is 0 Å². The van der Waals surface area contributed by atoms with Gasteiger partial charge in [0.05, 0.1) is 0 Å². The largest absolute Gasteiger partial charge is 0.411 e. The Kier molecular flexibility index (Phi) is 3.50. The van der Waals surface area contributed by atoms with E-state index in [1.165, 1.54) is 0 Å². The summed E-state index contributed by atoms with van der Waals surface area (Å²) in [6.07, 6.45) is 0. The van der Waals surface area contributed by atoms with Crippen LogP contribution in [0.5, 0.6) is 11.5 Å². The molecule has 0 heterocycles. The van der Waals surface area contributed by atoms with Crippen molar-refractivity contribution >= 4 is 0 Å². The SMILES string of the molecule is Cc1ccc(-c2ccc(C)c(ON)c2)cc1ON. The summed E-state index contributed by atoms with van der Waals surface area (Å²) in [6, 6.07) is 11.7. The van der Waals surface area contributed by atoms with E-state index in [2.05, 4.69) is 0 Å². The minimum atomic E-state index is 0.656. The van der Waals surface area contributed by atoms with Crippen molar-refractivity contribution in [1.82, 2.24) is 0 Å². The van der Waals surface area contributed by atoms with E-state index < -0.39 is 0 Å². The second-order valence-corrected chi connectivity index (χ2v) is 4.20. The fourth-order valence-corrected chi connectivity index (χ4v) is 1.81. The number of hydrogen-bond acceptors (Lipinski definition) is 4. The first-order chi connectivity index (χ1) is 8.65. The van der Waals surface area contributed by atoms with E-state index in [1.54, 1.807) is 0 Å². The van der Waals surface area contributed by atoms with Crippen LogP contribution in [0.15, 0.2) is 36.4 Å². The number of nitrogens with two attached hydrogens (primary N) is 2. The van der Waals surface area contributed by atoms with Gasteiger partial charge in [-0.25, -0.2) is 0 Å². The first-order valence-electron chi connectivity index (χ1n) is 5.61. The molecule has 0 aliphatic heterocycles. The third-order valence-electron chi connectivity index (χ3n) is 2.96. The highest BCUT2D eigenvalue weighted by Crippen LogP contribution is 2.30. The van der Waals surface area contributed by atoms with Crippen molar-refractivity contribution in [1.29, 1.82) is 0 Å². The number of rotatable bonds is 3. The number of hydrogen-bond donors (Lipinski definition) is 2. The lowest BCUT2D eigenvalue weighted by Gasteiger charge is -2.09. The summed E-state index contributed by atoms with van der Waals surface area (Å²) in [4.78, 5) is 9.66. The van der Waals surface area contributed by atoms with Gasteiger partial charge in [0.15, 0.2) is 0 Å². The number of benzene rings is 2. The second-order valence-electron chi connectivity index (χ2n) is 4.20. The molecule has 0 spiro atoms. The van der Waals surface area contributed by atoms with Gasteiger partial charge in [-0.2, -0.15) is 11.8 Å². The molecule has 2 aromatic rings. The van der Waals surface area contributed by atoms with Crippen LogP contribution in [0, 0.1) is 13.8 Å². The van der Waals surface area contributed by atoms with Crippen LogP contribution in [-0.4, -0.2) is 0 Å². The highest BCUT2D eigenvalue weighted by Gasteiger charge is 2.06. The maximum atomic E-state index is 5.23. The first kappa shape index (κ1) is 12.4. The third-order valence-corrected chi connectivity index (χ3v) is 2.96. The van der Waals surface area contributed by atoms with Crippen molar-refractivity contribution in [2.75, 3.05) is 0 Å². The molecule has 0 bridgehead atoms. The predicted octanol–water partition coefficient (Wildman–Crippen LogP) is 2.48. The topological polar surface area (TPSA) is 70.5 Å². The van der Waals surface area contributed by atoms with Gasteiger partial charge in [-0.15, -0.1) is 0 Å². The van der Waals surface area contributed by atoms with Crippen molar-refractivity contribution in [3.05, 3.63) is 47.5 Å². The molecule has 0 atom stereocenters. The van der Waals surface area contributed by atoms with Gasteiger partial charge in [0, 0.05) is 0 Å². The van der Waals surface area contributed by atoms with Crippen molar-refractivity contribution in [3.8, 4) is 22.6 Å². The lowest BCUT2D eigenvalue weighted by atomic mass is 10.0. The Morgan fingerprint density at radius 1 is 0.722 bits per heavy atom. The zero-order valence-electron chi connectivity index (χ0n) is 10.4. The van der Waals surface area contributed by atoms with Gasteiger partial charge in [0.25, 0.3) is 0 Å². The van der Waals surface area contributed by atoms with Gasteiger partial charge in [-0.05, 0) is 48.2 Å². The standard InChI is InChI=1S/C14H16N2O2/c1-9-3-5-11(7-13(9)17-15)12-6-4-10(2)14(8-12)18-16/h3-8H,15-16H2,1-2H3. The third kappa shape index (κ3) is 2.30. The summed E-state index contributed by atoms with van der Waals surface area (Å²) in [5, 5.41) is 0. The number of aryl methyl sites for hydroxylation is 2. The van der Waals surface area contributed by atoms with Gasteiger partial charge in [0.2, 0.25) is 0 Å². The fraction of sp³-hybridized carbons (Fsp3) is 0.143. The normalized spacial score (nSPS) is 10.2. The quantitative estimate of drug-likeness (QED) is 0.814.